The maximum absolute atomic E-state index is 11.0. The summed E-state index contributed by atoms with van der Waals surface area (Å²) in [4.78, 5) is 12.6. The van der Waals surface area contributed by atoms with Crippen LogP contribution in [0.2, 0.25) is 0 Å². The van der Waals surface area contributed by atoms with Gasteiger partial charge in [-0.1, -0.05) is 0 Å². The molecule has 4 heteroatoms. The van der Waals surface area contributed by atoms with Crippen LogP contribution in [0, 0.1) is 0 Å². The average molecular weight is 191 g/mol. The van der Waals surface area contributed by atoms with Crippen molar-refractivity contribution in [2.75, 3.05) is 26.0 Å². The molecule has 0 N–H and O–H groups in total. The first-order valence-electron chi connectivity index (χ1n) is 4.04. The van der Waals surface area contributed by atoms with E-state index in [2.05, 4.69) is 12.6 Å². The van der Waals surface area contributed by atoms with E-state index < -0.39 is 0 Å². The van der Waals surface area contributed by atoms with Gasteiger partial charge in [0.2, 0.25) is 5.91 Å². The fraction of sp³-hybridized carbons (Fsp3) is 0.875. The molecule has 0 aliphatic rings. The van der Waals surface area contributed by atoms with Crippen molar-refractivity contribution in [3.05, 3.63) is 0 Å². The predicted octanol–water partition coefficient (Wildman–Crippen LogP) is 0.800. The standard InChI is InChI=1S/C8H17NO2S/c1-7(2)11-5-4-9(3)8(10)6-12/h7,12H,4-6H2,1-3H3. The van der Waals surface area contributed by atoms with E-state index in [1.165, 1.54) is 0 Å². The van der Waals surface area contributed by atoms with E-state index in [9.17, 15) is 4.79 Å². The van der Waals surface area contributed by atoms with Crippen molar-refractivity contribution < 1.29 is 9.53 Å². The van der Waals surface area contributed by atoms with Crippen LogP contribution in [-0.4, -0.2) is 42.9 Å². The Kier molecular flexibility index (Phi) is 6.20. The molecule has 0 saturated heterocycles. The highest BCUT2D eigenvalue weighted by atomic mass is 32.1. The molecule has 0 radical (unpaired) electrons. The van der Waals surface area contributed by atoms with Crippen molar-refractivity contribution in [2.45, 2.75) is 20.0 Å². The summed E-state index contributed by atoms with van der Waals surface area (Å²) in [5.41, 5.74) is 0. The molecule has 0 aliphatic carbocycles. The second-order valence-corrected chi connectivity index (χ2v) is 3.21. The summed E-state index contributed by atoms with van der Waals surface area (Å²) in [6, 6.07) is 0. The van der Waals surface area contributed by atoms with E-state index in [1.807, 2.05) is 13.8 Å². The lowest BCUT2D eigenvalue weighted by Crippen LogP contribution is -2.31. The van der Waals surface area contributed by atoms with Gasteiger partial charge in [0, 0.05) is 13.6 Å². The maximum Gasteiger partial charge on any atom is 0.232 e. The third kappa shape index (κ3) is 5.43. The van der Waals surface area contributed by atoms with Crippen LogP contribution in [0.4, 0.5) is 0 Å². The van der Waals surface area contributed by atoms with E-state index in [0.29, 0.717) is 13.2 Å². The van der Waals surface area contributed by atoms with Gasteiger partial charge >= 0.3 is 0 Å². The SMILES string of the molecule is CC(C)OCCN(C)C(=O)CS. The molecule has 0 aliphatic heterocycles. The van der Waals surface area contributed by atoms with E-state index in [0.717, 1.165) is 0 Å². The molecule has 0 fully saturated rings. The van der Waals surface area contributed by atoms with Gasteiger partial charge in [-0.2, -0.15) is 12.6 Å². The van der Waals surface area contributed by atoms with E-state index in [1.54, 1.807) is 11.9 Å². The molecule has 0 bridgehead atoms. The monoisotopic (exact) mass is 191 g/mol. The highest BCUT2D eigenvalue weighted by molar-refractivity contribution is 7.81. The molecule has 12 heavy (non-hydrogen) atoms. The van der Waals surface area contributed by atoms with Gasteiger partial charge in [0.15, 0.2) is 0 Å². The quantitative estimate of drug-likeness (QED) is 0.651. The van der Waals surface area contributed by atoms with Crippen molar-refractivity contribution in [2.24, 2.45) is 0 Å². The van der Waals surface area contributed by atoms with E-state index >= 15 is 0 Å². The van der Waals surface area contributed by atoms with Gasteiger partial charge in [-0.05, 0) is 13.8 Å². The number of carbonyl (C=O) groups is 1. The predicted molar refractivity (Wildman–Crippen MR) is 52.6 cm³/mol. The molecule has 0 rings (SSSR count). The Bertz CT molecular complexity index is 139. The summed E-state index contributed by atoms with van der Waals surface area (Å²) in [6.07, 6.45) is 0.226. The Labute approximate surface area is 79.5 Å². The Morgan fingerprint density at radius 2 is 2.17 bits per heavy atom. The molecular weight excluding hydrogens is 174 g/mol. The fourth-order valence-electron chi connectivity index (χ4n) is 0.671. The van der Waals surface area contributed by atoms with Crippen molar-refractivity contribution in [3.8, 4) is 0 Å². The maximum atomic E-state index is 11.0. The molecule has 0 heterocycles. The number of thiol groups is 1. The van der Waals surface area contributed by atoms with Crippen LogP contribution in [-0.2, 0) is 9.53 Å². The summed E-state index contributed by atoms with van der Waals surface area (Å²) in [7, 11) is 1.75. The molecule has 0 saturated carbocycles. The minimum Gasteiger partial charge on any atom is -0.377 e. The van der Waals surface area contributed by atoms with E-state index in [-0.39, 0.29) is 17.8 Å². The Hall–Kier alpha value is -0.220. The van der Waals surface area contributed by atoms with Crippen molar-refractivity contribution in [3.63, 3.8) is 0 Å². The molecular formula is C8H17NO2S. The third-order valence-corrected chi connectivity index (χ3v) is 1.71. The molecule has 0 atom stereocenters. The molecule has 0 aromatic heterocycles. The number of likely N-dealkylation sites (N-methyl/N-ethyl adjacent to an activating group) is 1. The zero-order chi connectivity index (χ0) is 9.56. The molecule has 0 spiro atoms. The number of hydrogen-bond donors (Lipinski definition) is 1. The molecule has 0 unspecified atom stereocenters. The first-order valence-corrected chi connectivity index (χ1v) is 4.67. The Balaban J connectivity index is 3.43. The first kappa shape index (κ1) is 11.8. The summed E-state index contributed by atoms with van der Waals surface area (Å²) in [6.45, 7) is 5.17. The molecule has 0 aromatic rings. The average Bonchev–Trinajstić information content (AvgIpc) is 2.02. The number of rotatable bonds is 5. The lowest BCUT2D eigenvalue weighted by atomic mass is 10.5. The lowest BCUT2D eigenvalue weighted by molar-refractivity contribution is -0.127. The number of carbonyl (C=O) groups excluding carboxylic acids is 1. The van der Waals surface area contributed by atoms with Gasteiger partial charge in [-0.15, -0.1) is 0 Å². The normalized spacial score (nSPS) is 10.4. The largest absolute Gasteiger partial charge is 0.377 e. The number of ether oxygens (including phenoxy) is 1. The number of hydrogen-bond acceptors (Lipinski definition) is 3. The first-order chi connectivity index (χ1) is 5.57. The zero-order valence-corrected chi connectivity index (χ0v) is 8.80. The van der Waals surface area contributed by atoms with Gasteiger partial charge in [0.25, 0.3) is 0 Å². The lowest BCUT2D eigenvalue weighted by Gasteiger charge is -2.16. The van der Waals surface area contributed by atoms with Crippen molar-refractivity contribution in [1.29, 1.82) is 0 Å². The van der Waals surface area contributed by atoms with Gasteiger partial charge in [-0.25, -0.2) is 0 Å². The summed E-state index contributed by atoms with van der Waals surface area (Å²) < 4.78 is 5.29. The molecule has 72 valence electrons. The van der Waals surface area contributed by atoms with Crippen LogP contribution in [0.5, 0.6) is 0 Å². The van der Waals surface area contributed by atoms with E-state index in [4.69, 9.17) is 4.74 Å². The Morgan fingerprint density at radius 3 is 2.58 bits per heavy atom. The molecule has 1 amide bonds. The highest BCUT2D eigenvalue weighted by Gasteiger charge is 2.05. The third-order valence-electron chi connectivity index (χ3n) is 1.44. The van der Waals surface area contributed by atoms with Crippen LogP contribution in [0.3, 0.4) is 0 Å². The van der Waals surface area contributed by atoms with Crippen LogP contribution in [0.15, 0.2) is 0 Å². The number of amides is 1. The van der Waals surface area contributed by atoms with Gasteiger partial charge in [-0.3, -0.25) is 4.79 Å². The van der Waals surface area contributed by atoms with Crippen LogP contribution >= 0.6 is 12.6 Å². The van der Waals surface area contributed by atoms with Gasteiger partial charge < -0.3 is 9.64 Å². The summed E-state index contributed by atoms with van der Waals surface area (Å²) in [5, 5.41) is 0. The van der Waals surface area contributed by atoms with Gasteiger partial charge in [0.1, 0.15) is 0 Å². The zero-order valence-electron chi connectivity index (χ0n) is 7.91. The smallest absolute Gasteiger partial charge is 0.232 e. The minimum absolute atomic E-state index is 0.0330. The van der Waals surface area contributed by atoms with Crippen LogP contribution in [0.25, 0.3) is 0 Å². The number of nitrogens with zero attached hydrogens (tertiary/aromatic N) is 1. The summed E-state index contributed by atoms with van der Waals surface area (Å²) >= 11 is 3.89. The molecule has 0 aromatic carbocycles. The Morgan fingerprint density at radius 1 is 1.58 bits per heavy atom. The topological polar surface area (TPSA) is 29.5 Å². The minimum atomic E-state index is 0.0330. The highest BCUT2D eigenvalue weighted by Crippen LogP contribution is 1.91. The van der Waals surface area contributed by atoms with Crippen LogP contribution < -0.4 is 0 Å². The second kappa shape index (κ2) is 6.31. The summed E-state index contributed by atoms with van der Waals surface area (Å²) in [5.74, 6) is 0.295. The van der Waals surface area contributed by atoms with Gasteiger partial charge in [0.05, 0.1) is 18.5 Å². The molecule has 3 nitrogen and oxygen atoms in total. The second-order valence-electron chi connectivity index (χ2n) is 2.89. The van der Waals surface area contributed by atoms with Crippen LogP contribution in [0.1, 0.15) is 13.8 Å². The fourth-order valence-corrected chi connectivity index (χ4v) is 0.912. The van der Waals surface area contributed by atoms with Crippen molar-refractivity contribution in [1.82, 2.24) is 4.90 Å². The van der Waals surface area contributed by atoms with Crippen molar-refractivity contribution >= 4 is 18.5 Å².